The largest absolute Gasteiger partial charge is 0.318 e. The van der Waals surface area contributed by atoms with Crippen LogP contribution < -0.4 is 5.43 Å². The number of benzene rings is 2. The molecule has 3 aromatic rings. The van der Waals surface area contributed by atoms with Crippen LogP contribution in [-0.2, 0) is 4.79 Å². The summed E-state index contributed by atoms with van der Waals surface area (Å²) in [6, 6.07) is 17.4. The number of nitrogens with one attached hydrogen (secondary N) is 1. The van der Waals surface area contributed by atoms with E-state index < -0.39 is 0 Å². The lowest BCUT2D eigenvalue weighted by molar-refractivity contribution is -0.120. The standard InChI is InChI=1S/C22H21Cl2N3OS/c1-15-10-17(16(2)27(15)20-12-18(23)11-19(24)13-20)14-25-26-22(28)8-9-29-21-6-4-3-5-7-21/h3-7,10-14H,8-9H2,1-2H3,(H,26,28)/b25-14+. The molecular weight excluding hydrogens is 425 g/mol. The van der Waals surface area contributed by atoms with E-state index in [2.05, 4.69) is 15.1 Å². The van der Waals surface area contributed by atoms with Gasteiger partial charge in [0.25, 0.3) is 0 Å². The van der Waals surface area contributed by atoms with Crippen molar-refractivity contribution in [3.63, 3.8) is 0 Å². The van der Waals surface area contributed by atoms with Gasteiger partial charge >= 0.3 is 0 Å². The topological polar surface area (TPSA) is 46.4 Å². The molecule has 0 fully saturated rings. The molecule has 0 saturated carbocycles. The molecule has 1 N–H and O–H groups in total. The molecule has 0 aliphatic carbocycles. The molecule has 2 aromatic carbocycles. The first-order chi connectivity index (χ1) is 13.9. The molecule has 4 nitrogen and oxygen atoms in total. The molecule has 0 atom stereocenters. The second-order valence-electron chi connectivity index (χ2n) is 6.49. The number of aryl methyl sites for hydroxylation is 1. The molecular formula is C22H21Cl2N3OS. The average molecular weight is 446 g/mol. The van der Waals surface area contributed by atoms with Gasteiger partial charge in [-0.15, -0.1) is 11.8 Å². The molecule has 1 heterocycles. The van der Waals surface area contributed by atoms with Gasteiger partial charge in [0, 0.05) is 49.8 Å². The van der Waals surface area contributed by atoms with Gasteiger partial charge in [0.1, 0.15) is 0 Å². The Hall–Kier alpha value is -2.21. The summed E-state index contributed by atoms with van der Waals surface area (Å²) in [5.41, 5.74) is 6.41. The third kappa shape index (κ3) is 5.89. The highest BCUT2D eigenvalue weighted by Gasteiger charge is 2.11. The summed E-state index contributed by atoms with van der Waals surface area (Å²) >= 11 is 13.9. The fourth-order valence-corrected chi connectivity index (χ4v) is 4.38. The number of halogens is 2. The minimum atomic E-state index is -0.111. The van der Waals surface area contributed by atoms with Crippen LogP contribution in [0, 0.1) is 13.8 Å². The minimum absolute atomic E-state index is 0.111. The Bertz CT molecular complexity index is 1010. The van der Waals surface area contributed by atoms with Crippen LogP contribution >= 0.6 is 35.0 Å². The first-order valence-electron chi connectivity index (χ1n) is 9.09. The summed E-state index contributed by atoms with van der Waals surface area (Å²) in [5, 5.41) is 5.27. The summed E-state index contributed by atoms with van der Waals surface area (Å²) < 4.78 is 2.05. The Balaban J connectivity index is 1.60. The van der Waals surface area contributed by atoms with Gasteiger partial charge in [0.2, 0.25) is 5.91 Å². The lowest BCUT2D eigenvalue weighted by Gasteiger charge is -2.10. The van der Waals surface area contributed by atoms with Crippen LogP contribution in [-0.4, -0.2) is 22.4 Å². The number of carbonyl (C=O) groups is 1. The van der Waals surface area contributed by atoms with Crippen molar-refractivity contribution < 1.29 is 4.79 Å². The number of carbonyl (C=O) groups excluding carboxylic acids is 1. The summed E-state index contributed by atoms with van der Waals surface area (Å²) in [6.45, 7) is 3.99. The van der Waals surface area contributed by atoms with Gasteiger partial charge in [-0.3, -0.25) is 4.79 Å². The van der Waals surface area contributed by atoms with Crippen molar-refractivity contribution in [3.8, 4) is 5.69 Å². The van der Waals surface area contributed by atoms with E-state index in [1.807, 2.05) is 62.4 Å². The van der Waals surface area contributed by atoms with Gasteiger partial charge in [-0.1, -0.05) is 41.4 Å². The van der Waals surface area contributed by atoms with E-state index in [9.17, 15) is 4.79 Å². The van der Waals surface area contributed by atoms with Gasteiger partial charge in [-0.25, -0.2) is 5.43 Å². The van der Waals surface area contributed by atoms with Gasteiger partial charge in [-0.05, 0) is 50.2 Å². The molecule has 29 heavy (non-hydrogen) atoms. The Morgan fingerprint density at radius 1 is 1.10 bits per heavy atom. The maximum absolute atomic E-state index is 12.0. The Labute approximate surface area is 184 Å². The Morgan fingerprint density at radius 2 is 1.79 bits per heavy atom. The van der Waals surface area contributed by atoms with Crippen LogP contribution in [0.3, 0.4) is 0 Å². The fourth-order valence-electron chi connectivity index (χ4n) is 2.99. The molecule has 3 rings (SSSR count). The molecule has 0 spiro atoms. The Morgan fingerprint density at radius 3 is 2.48 bits per heavy atom. The van der Waals surface area contributed by atoms with Crippen molar-refractivity contribution in [2.75, 3.05) is 5.75 Å². The van der Waals surface area contributed by atoms with Crippen molar-refractivity contribution in [2.45, 2.75) is 25.2 Å². The number of aromatic nitrogens is 1. The van der Waals surface area contributed by atoms with Gasteiger partial charge < -0.3 is 4.57 Å². The van der Waals surface area contributed by atoms with E-state index >= 15 is 0 Å². The molecule has 1 aromatic heterocycles. The van der Waals surface area contributed by atoms with E-state index in [1.54, 1.807) is 24.0 Å². The fraction of sp³-hybridized carbons (Fsp3) is 0.182. The van der Waals surface area contributed by atoms with Crippen LogP contribution in [0.2, 0.25) is 10.0 Å². The van der Waals surface area contributed by atoms with Crippen LogP contribution in [0.1, 0.15) is 23.4 Å². The zero-order valence-corrected chi connectivity index (χ0v) is 18.5. The van der Waals surface area contributed by atoms with Crippen molar-refractivity contribution in [1.29, 1.82) is 0 Å². The zero-order valence-electron chi connectivity index (χ0n) is 16.2. The molecule has 0 radical (unpaired) electrons. The lowest BCUT2D eigenvalue weighted by Crippen LogP contribution is -2.17. The summed E-state index contributed by atoms with van der Waals surface area (Å²) in [6.07, 6.45) is 2.06. The van der Waals surface area contributed by atoms with E-state index in [0.29, 0.717) is 22.2 Å². The first-order valence-corrected chi connectivity index (χ1v) is 10.8. The average Bonchev–Trinajstić information content (AvgIpc) is 2.95. The second-order valence-corrected chi connectivity index (χ2v) is 8.54. The van der Waals surface area contributed by atoms with Gasteiger partial charge in [0.05, 0.1) is 6.21 Å². The normalized spacial score (nSPS) is 11.2. The number of thioether (sulfide) groups is 1. The molecule has 0 aliphatic heterocycles. The van der Waals surface area contributed by atoms with E-state index in [1.165, 1.54) is 0 Å². The van der Waals surface area contributed by atoms with Crippen molar-refractivity contribution >= 4 is 47.1 Å². The van der Waals surface area contributed by atoms with E-state index in [0.717, 1.165) is 27.5 Å². The smallest absolute Gasteiger partial charge is 0.240 e. The number of rotatable bonds is 7. The third-order valence-electron chi connectivity index (χ3n) is 4.31. The van der Waals surface area contributed by atoms with E-state index in [4.69, 9.17) is 23.2 Å². The van der Waals surface area contributed by atoms with Crippen LogP contribution in [0.15, 0.2) is 64.6 Å². The van der Waals surface area contributed by atoms with Gasteiger partial charge in [-0.2, -0.15) is 5.10 Å². The van der Waals surface area contributed by atoms with Crippen molar-refractivity contribution in [2.24, 2.45) is 5.10 Å². The van der Waals surface area contributed by atoms with Crippen LogP contribution in [0.25, 0.3) is 5.69 Å². The van der Waals surface area contributed by atoms with Crippen molar-refractivity contribution in [1.82, 2.24) is 9.99 Å². The molecule has 7 heteroatoms. The maximum Gasteiger partial charge on any atom is 0.240 e. The number of hydrazone groups is 1. The summed E-state index contributed by atoms with van der Waals surface area (Å²) in [4.78, 5) is 13.2. The van der Waals surface area contributed by atoms with E-state index in [-0.39, 0.29) is 5.91 Å². The maximum atomic E-state index is 12.0. The van der Waals surface area contributed by atoms with Crippen LogP contribution in [0.5, 0.6) is 0 Å². The quantitative estimate of drug-likeness (QED) is 0.274. The molecule has 0 unspecified atom stereocenters. The number of amides is 1. The Kier molecular flexibility index (Phi) is 7.42. The lowest BCUT2D eigenvalue weighted by atomic mass is 10.2. The predicted molar refractivity (Wildman–Crippen MR) is 123 cm³/mol. The summed E-state index contributed by atoms with van der Waals surface area (Å²) in [7, 11) is 0. The second kappa shape index (κ2) is 10.0. The molecule has 0 saturated heterocycles. The number of hydrogen-bond acceptors (Lipinski definition) is 3. The highest BCUT2D eigenvalue weighted by atomic mass is 35.5. The van der Waals surface area contributed by atoms with Gasteiger partial charge in [0.15, 0.2) is 0 Å². The third-order valence-corrected chi connectivity index (χ3v) is 5.76. The molecule has 150 valence electrons. The predicted octanol–water partition coefficient (Wildman–Crippen LogP) is 6.03. The monoisotopic (exact) mass is 445 g/mol. The highest BCUT2D eigenvalue weighted by Crippen LogP contribution is 2.26. The zero-order chi connectivity index (χ0) is 20.8. The molecule has 1 amide bonds. The number of nitrogens with zero attached hydrogens (tertiary/aromatic N) is 2. The first kappa shape index (κ1) is 21.5. The van der Waals surface area contributed by atoms with Crippen molar-refractivity contribution in [3.05, 3.63) is 81.6 Å². The highest BCUT2D eigenvalue weighted by molar-refractivity contribution is 7.99. The SMILES string of the molecule is Cc1cc(/C=N/NC(=O)CCSc2ccccc2)c(C)n1-c1cc(Cl)cc(Cl)c1. The number of hydrogen-bond donors (Lipinski definition) is 1. The minimum Gasteiger partial charge on any atom is -0.318 e. The van der Waals surface area contributed by atoms with Crippen LogP contribution in [0.4, 0.5) is 0 Å². The summed E-state index contributed by atoms with van der Waals surface area (Å²) in [5.74, 6) is 0.593. The molecule has 0 aliphatic rings. The molecule has 0 bridgehead atoms.